The fourth-order valence-electron chi connectivity index (χ4n) is 2.02. The molecule has 1 aromatic carbocycles. The summed E-state index contributed by atoms with van der Waals surface area (Å²) in [4.78, 5) is 46.9. The quantitative estimate of drug-likeness (QED) is 0.271. The number of rotatable bonds is 12. The van der Waals surface area contributed by atoms with Crippen LogP contribution in [0.5, 0.6) is 0 Å². The van der Waals surface area contributed by atoms with Gasteiger partial charge in [-0.25, -0.2) is 14.4 Å². The summed E-state index contributed by atoms with van der Waals surface area (Å²) in [6.45, 7) is 4.80. The summed E-state index contributed by atoms with van der Waals surface area (Å²) in [6.07, 6.45) is -1.58. The maximum Gasteiger partial charge on any atom is 0.339 e. The third-order valence-electron chi connectivity index (χ3n) is 3.65. The molecular weight excluding hydrogens is 412 g/mol. The Balaban J connectivity index is 2.60. The second kappa shape index (κ2) is 13.1. The molecule has 1 rings (SSSR count). The molecule has 0 saturated heterocycles. The van der Waals surface area contributed by atoms with Gasteiger partial charge in [0, 0.05) is 6.08 Å². The first-order valence-corrected chi connectivity index (χ1v) is 9.40. The van der Waals surface area contributed by atoms with Crippen molar-refractivity contribution in [2.24, 2.45) is 5.92 Å². The van der Waals surface area contributed by atoms with Crippen LogP contribution in [0.2, 0.25) is 0 Å². The van der Waals surface area contributed by atoms with Gasteiger partial charge < -0.3 is 29.2 Å². The number of ether oxygens (including phenoxy) is 4. The highest BCUT2D eigenvalue weighted by molar-refractivity contribution is 6.03. The molecule has 0 heterocycles. The van der Waals surface area contributed by atoms with Gasteiger partial charge in [0.25, 0.3) is 0 Å². The molecule has 1 aromatic rings. The molecule has 0 aliphatic heterocycles. The van der Waals surface area contributed by atoms with Crippen LogP contribution in [0.15, 0.2) is 36.9 Å². The third kappa shape index (κ3) is 9.41. The van der Waals surface area contributed by atoms with Crippen molar-refractivity contribution >= 4 is 23.9 Å². The van der Waals surface area contributed by atoms with Crippen molar-refractivity contribution in [3.05, 3.63) is 48.0 Å². The Hall–Kier alpha value is -3.24. The molecule has 0 aliphatic carbocycles. The van der Waals surface area contributed by atoms with Crippen molar-refractivity contribution in [3.8, 4) is 0 Å². The zero-order valence-corrected chi connectivity index (χ0v) is 17.3. The molecule has 170 valence electrons. The first-order chi connectivity index (χ1) is 14.6. The van der Waals surface area contributed by atoms with Crippen molar-refractivity contribution in [2.45, 2.75) is 26.1 Å². The van der Waals surface area contributed by atoms with Crippen molar-refractivity contribution in [1.82, 2.24) is 0 Å². The first-order valence-electron chi connectivity index (χ1n) is 9.40. The minimum atomic E-state index is -1.27. The monoisotopic (exact) mass is 438 g/mol. The van der Waals surface area contributed by atoms with E-state index in [1.807, 2.05) is 0 Å². The number of carbonyl (C=O) groups is 4. The van der Waals surface area contributed by atoms with Gasteiger partial charge in [-0.2, -0.15) is 0 Å². The van der Waals surface area contributed by atoms with Crippen LogP contribution >= 0.6 is 0 Å². The van der Waals surface area contributed by atoms with Gasteiger partial charge in [0.15, 0.2) is 0 Å². The molecule has 0 saturated carbocycles. The summed E-state index contributed by atoms with van der Waals surface area (Å²) in [5, 5.41) is 19.5. The molecule has 10 nitrogen and oxygen atoms in total. The SMILES string of the molecule is C=CC(=O)OCC(O)COC(=O)c1ccccc1C(=O)OCC(O)COC(=O)C(C)C. The van der Waals surface area contributed by atoms with Gasteiger partial charge in [0.05, 0.1) is 17.0 Å². The number of hydrogen-bond donors (Lipinski definition) is 2. The van der Waals surface area contributed by atoms with Crippen molar-refractivity contribution in [3.63, 3.8) is 0 Å². The van der Waals surface area contributed by atoms with Gasteiger partial charge in [-0.15, -0.1) is 0 Å². The van der Waals surface area contributed by atoms with E-state index in [2.05, 4.69) is 11.3 Å². The predicted molar refractivity (Wildman–Crippen MR) is 106 cm³/mol. The molecule has 0 aromatic heterocycles. The van der Waals surface area contributed by atoms with Gasteiger partial charge in [0.1, 0.15) is 38.6 Å². The van der Waals surface area contributed by atoms with Gasteiger partial charge >= 0.3 is 23.9 Å². The van der Waals surface area contributed by atoms with Gasteiger partial charge in [-0.1, -0.05) is 32.6 Å². The van der Waals surface area contributed by atoms with E-state index in [9.17, 15) is 29.4 Å². The molecule has 2 atom stereocenters. The highest BCUT2D eigenvalue weighted by atomic mass is 16.6. The maximum absolute atomic E-state index is 12.3. The van der Waals surface area contributed by atoms with Gasteiger partial charge in [-0.05, 0) is 12.1 Å². The normalized spacial score (nSPS) is 12.4. The predicted octanol–water partition coefficient (Wildman–Crippen LogP) is 0.650. The van der Waals surface area contributed by atoms with Crippen molar-refractivity contribution < 1.29 is 48.3 Å². The average molecular weight is 438 g/mol. The molecule has 0 spiro atoms. The lowest BCUT2D eigenvalue weighted by Gasteiger charge is -2.14. The standard InChI is InChI=1S/C21H26O10/c1-4-18(24)28-9-14(22)11-30-20(26)16-7-5-6-8-17(16)21(27)31-12-15(23)10-29-19(25)13(2)3/h4-8,13-15,22-23H,1,9-12H2,2-3H3. The second-order valence-corrected chi connectivity index (χ2v) is 6.67. The molecule has 2 unspecified atom stereocenters. The average Bonchev–Trinajstić information content (AvgIpc) is 2.77. The van der Waals surface area contributed by atoms with E-state index in [1.54, 1.807) is 13.8 Å². The Morgan fingerprint density at radius 1 is 0.839 bits per heavy atom. The van der Waals surface area contributed by atoms with Crippen LogP contribution in [0.4, 0.5) is 0 Å². The third-order valence-corrected chi connectivity index (χ3v) is 3.65. The smallest absolute Gasteiger partial charge is 0.339 e. The van der Waals surface area contributed by atoms with E-state index >= 15 is 0 Å². The highest BCUT2D eigenvalue weighted by Gasteiger charge is 2.21. The van der Waals surface area contributed by atoms with Crippen molar-refractivity contribution in [2.75, 3.05) is 26.4 Å². The maximum atomic E-state index is 12.3. The number of carbonyl (C=O) groups excluding carboxylic acids is 4. The first kappa shape index (κ1) is 25.8. The van der Waals surface area contributed by atoms with E-state index in [1.165, 1.54) is 24.3 Å². The van der Waals surface area contributed by atoms with Gasteiger partial charge in [0.2, 0.25) is 0 Å². The molecule has 0 fully saturated rings. The zero-order chi connectivity index (χ0) is 23.4. The van der Waals surface area contributed by atoms with E-state index in [0.717, 1.165) is 6.08 Å². The lowest BCUT2D eigenvalue weighted by molar-refractivity contribution is -0.151. The zero-order valence-electron chi connectivity index (χ0n) is 17.3. The summed E-state index contributed by atoms with van der Waals surface area (Å²) >= 11 is 0. The van der Waals surface area contributed by atoms with Crippen LogP contribution in [0.25, 0.3) is 0 Å². The number of aliphatic hydroxyl groups excluding tert-OH is 2. The summed E-state index contributed by atoms with van der Waals surface area (Å²) in [7, 11) is 0. The lowest BCUT2D eigenvalue weighted by Crippen LogP contribution is -2.27. The molecule has 0 aliphatic rings. The topological polar surface area (TPSA) is 146 Å². The van der Waals surface area contributed by atoms with Crippen molar-refractivity contribution in [1.29, 1.82) is 0 Å². The lowest BCUT2D eigenvalue weighted by atomic mass is 10.1. The Bertz CT molecular complexity index is 786. The Labute approximate surface area is 179 Å². The fourth-order valence-corrected chi connectivity index (χ4v) is 2.02. The van der Waals surface area contributed by atoms with E-state index in [0.29, 0.717) is 0 Å². The second-order valence-electron chi connectivity index (χ2n) is 6.67. The van der Waals surface area contributed by atoms with E-state index in [-0.39, 0.29) is 23.7 Å². The van der Waals surface area contributed by atoms with Crippen LogP contribution in [0.3, 0.4) is 0 Å². The number of aliphatic hydroxyl groups is 2. The Morgan fingerprint density at radius 3 is 1.68 bits per heavy atom. The van der Waals surface area contributed by atoms with Gasteiger partial charge in [-0.3, -0.25) is 4.79 Å². The van der Waals surface area contributed by atoms with Crippen LogP contribution < -0.4 is 0 Å². The van der Waals surface area contributed by atoms with E-state index in [4.69, 9.17) is 14.2 Å². The molecule has 0 bridgehead atoms. The number of benzene rings is 1. The van der Waals surface area contributed by atoms with Crippen LogP contribution in [0, 0.1) is 5.92 Å². The Kier molecular flexibility index (Phi) is 10.9. The molecule has 31 heavy (non-hydrogen) atoms. The summed E-state index contributed by atoms with van der Waals surface area (Å²) in [5.74, 6) is -3.41. The van der Waals surface area contributed by atoms with Crippen LogP contribution in [-0.4, -0.2) is 72.7 Å². The molecule has 0 amide bonds. The molecular formula is C21H26O10. The molecule has 10 heteroatoms. The van der Waals surface area contributed by atoms with Crippen LogP contribution in [0.1, 0.15) is 34.6 Å². The minimum Gasteiger partial charge on any atom is -0.463 e. The minimum absolute atomic E-state index is 0.119. The Morgan fingerprint density at radius 2 is 1.26 bits per heavy atom. The number of hydrogen-bond acceptors (Lipinski definition) is 10. The van der Waals surface area contributed by atoms with Crippen LogP contribution in [-0.2, 0) is 28.5 Å². The highest BCUT2D eigenvalue weighted by Crippen LogP contribution is 2.13. The summed E-state index contributed by atoms with van der Waals surface area (Å²) < 4.78 is 19.4. The fraction of sp³-hybridized carbons (Fsp3) is 0.429. The molecule has 2 N–H and O–H groups in total. The summed E-state index contributed by atoms with van der Waals surface area (Å²) in [6, 6.07) is 5.64. The number of esters is 4. The molecule has 0 radical (unpaired) electrons. The van der Waals surface area contributed by atoms with E-state index < -0.39 is 55.9 Å². The summed E-state index contributed by atoms with van der Waals surface area (Å²) in [5.41, 5.74) is -0.241. The largest absolute Gasteiger partial charge is 0.463 e.